The summed E-state index contributed by atoms with van der Waals surface area (Å²) in [5, 5.41) is 8.87. The van der Waals surface area contributed by atoms with E-state index in [0.29, 0.717) is 0 Å². The van der Waals surface area contributed by atoms with Crippen LogP contribution >= 0.6 is 21.8 Å². The lowest BCUT2D eigenvalue weighted by atomic mass is 10.0. The molecule has 6 heteroatoms. The molecule has 0 radical (unpaired) electrons. The first kappa shape index (κ1) is 11.2. The van der Waals surface area contributed by atoms with Crippen LogP contribution in [0.5, 0.6) is 0 Å². The topological polar surface area (TPSA) is 61.4 Å². The highest BCUT2D eigenvalue weighted by atomic mass is 33.1. The van der Waals surface area contributed by atoms with Crippen LogP contribution in [-0.4, -0.2) is 23.4 Å². The third-order valence-corrected chi connectivity index (χ3v) is 3.78. The molecule has 1 aliphatic rings. The molecule has 76 valence electrons. The largest absolute Gasteiger partial charge is 0.481 e. The Morgan fingerprint density at radius 2 is 2.31 bits per heavy atom. The average Bonchev–Trinajstić information content (AvgIpc) is 2.14. The fourth-order valence-corrected chi connectivity index (χ4v) is 2.75. The zero-order chi connectivity index (χ0) is 9.52. The molecule has 0 aromatic heterocycles. The predicted molar refractivity (Wildman–Crippen MR) is 56.2 cm³/mol. The third kappa shape index (κ3) is 4.75. The molecule has 1 rings (SSSR count). The van der Waals surface area contributed by atoms with Gasteiger partial charge < -0.3 is 5.11 Å². The number of aliphatic carboxylic acids is 1. The van der Waals surface area contributed by atoms with Crippen molar-refractivity contribution in [2.24, 2.45) is 5.92 Å². The third-order valence-electron chi connectivity index (χ3n) is 1.93. The summed E-state index contributed by atoms with van der Waals surface area (Å²) in [6.07, 6.45) is 2.46. The van der Waals surface area contributed by atoms with Gasteiger partial charge in [0, 0.05) is 23.3 Å². The minimum Gasteiger partial charge on any atom is -0.481 e. The van der Waals surface area contributed by atoms with Crippen molar-refractivity contribution in [3.05, 3.63) is 0 Å². The highest BCUT2D eigenvalue weighted by molar-refractivity contribution is 8.75. The van der Waals surface area contributed by atoms with E-state index in [1.54, 1.807) is 10.8 Å². The van der Waals surface area contributed by atoms with Crippen LogP contribution in [0.25, 0.3) is 0 Å². The van der Waals surface area contributed by atoms with Gasteiger partial charge in [0.2, 0.25) is 0 Å². The molecule has 1 saturated heterocycles. The van der Waals surface area contributed by atoms with Crippen LogP contribution in [0.3, 0.4) is 0 Å². The van der Waals surface area contributed by atoms with E-state index in [1.807, 2.05) is 0 Å². The molecule has 1 aliphatic heterocycles. The maximum Gasteiger partial charge on any atom is 0.306 e. The van der Waals surface area contributed by atoms with Gasteiger partial charge in [-0.25, -0.2) is 5.43 Å². The van der Waals surface area contributed by atoms with Crippen LogP contribution in [0.2, 0.25) is 0 Å². The van der Waals surface area contributed by atoms with E-state index in [2.05, 4.69) is 10.3 Å². The van der Waals surface area contributed by atoms with Gasteiger partial charge in [-0.3, -0.25) is 4.79 Å². The van der Waals surface area contributed by atoms with Crippen LogP contribution in [0.15, 0.2) is 0 Å². The molecule has 13 heavy (non-hydrogen) atoms. The number of carbonyl (C=O) groups is 1. The molecule has 0 spiro atoms. The smallest absolute Gasteiger partial charge is 0.306 e. The SMILES string of the molecule is O=C(O)C1CCCNNSSCC1. The molecular formula is C7H14N2O2S2. The number of hydrogen-bond donors (Lipinski definition) is 3. The molecule has 0 aromatic rings. The summed E-state index contributed by atoms with van der Waals surface area (Å²) in [7, 11) is 3.18. The van der Waals surface area contributed by atoms with E-state index < -0.39 is 5.97 Å². The highest BCUT2D eigenvalue weighted by Crippen LogP contribution is 2.22. The predicted octanol–water partition coefficient (Wildman–Crippen LogP) is 1.26. The number of nitrogens with one attached hydrogen (secondary N) is 2. The van der Waals surface area contributed by atoms with Gasteiger partial charge in [0.1, 0.15) is 0 Å². The van der Waals surface area contributed by atoms with E-state index in [1.165, 1.54) is 11.0 Å². The molecule has 1 fully saturated rings. The molecular weight excluding hydrogens is 208 g/mol. The quantitative estimate of drug-likeness (QED) is 0.459. The van der Waals surface area contributed by atoms with Crippen LogP contribution < -0.4 is 10.3 Å². The van der Waals surface area contributed by atoms with Gasteiger partial charge in [-0.1, -0.05) is 10.8 Å². The second-order valence-electron chi connectivity index (χ2n) is 2.90. The zero-order valence-electron chi connectivity index (χ0n) is 7.28. The summed E-state index contributed by atoms with van der Waals surface area (Å²) in [5.74, 6) is 0.0724. The maximum atomic E-state index is 10.8. The lowest BCUT2D eigenvalue weighted by molar-refractivity contribution is -0.142. The first-order valence-electron chi connectivity index (χ1n) is 4.30. The Hall–Kier alpha value is 0.0900. The molecule has 0 bridgehead atoms. The van der Waals surface area contributed by atoms with Crippen LogP contribution in [-0.2, 0) is 4.79 Å². The first-order valence-corrected chi connectivity index (χ1v) is 6.61. The van der Waals surface area contributed by atoms with E-state index >= 15 is 0 Å². The van der Waals surface area contributed by atoms with Crippen molar-refractivity contribution >= 4 is 27.7 Å². The number of carboxylic acid groups (broad SMARTS) is 1. The summed E-state index contributed by atoms with van der Waals surface area (Å²) in [5.41, 5.74) is 3.01. The summed E-state index contributed by atoms with van der Waals surface area (Å²) in [4.78, 5) is 13.7. The minimum atomic E-state index is -0.654. The number of carboxylic acids is 1. The highest BCUT2D eigenvalue weighted by Gasteiger charge is 2.16. The fraction of sp³-hybridized carbons (Fsp3) is 0.857. The Labute approximate surface area is 85.7 Å². The van der Waals surface area contributed by atoms with Gasteiger partial charge in [-0.15, -0.1) is 0 Å². The molecule has 1 heterocycles. The minimum absolute atomic E-state index is 0.159. The Balaban J connectivity index is 2.30. The van der Waals surface area contributed by atoms with Gasteiger partial charge in [-0.2, -0.15) is 4.83 Å². The average molecular weight is 222 g/mol. The van der Waals surface area contributed by atoms with E-state index in [9.17, 15) is 4.79 Å². The van der Waals surface area contributed by atoms with Crippen molar-refractivity contribution in [3.63, 3.8) is 0 Å². The Morgan fingerprint density at radius 3 is 3.08 bits per heavy atom. The van der Waals surface area contributed by atoms with Crippen LogP contribution in [0, 0.1) is 5.92 Å². The second kappa shape index (κ2) is 6.53. The van der Waals surface area contributed by atoms with E-state index in [0.717, 1.165) is 31.6 Å². The summed E-state index contributed by atoms with van der Waals surface area (Å²) < 4.78 is 0. The van der Waals surface area contributed by atoms with E-state index in [-0.39, 0.29) is 5.92 Å². The van der Waals surface area contributed by atoms with Crippen LogP contribution in [0.1, 0.15) is 19.3 Å². The Kier molecular flexibility index (Phi) is 5.61. The summed E-state index contributed by atoms with van der Waals surface area (Å²) >= 11 is 0. The monoisotopic (exact) mass is 222 g/mol. The molecule has 0 saturated carbocycles. The molecule has 0 amide bonds. The van der Waals surface area contributed by atoms with Crippen LogP contribution in [0.4, 0.5) is 0 Å². The van der Waals surface area contributed by atoms with Gasteiger partial charge in [-0.05, 0) is 19.3 Å². The Bertz CT molecular complexity index is 159. The Morgan fingerprint density at radius 1 is 1.46 bits per heavy atom. The molecule has 0 aromatic carbocycles. The molecule has 0 aliphatic carbocycles. The molecule has 4 nitrogen and oxygen atoms in total. The normalized spacial score (nSPS) is 26.6. The molecule has 3 N–H and O–H groups in total. The van der Waals surface area contributed by atoms with Crippen molar-refractivity contribution in [1.29, 1.82) is 0 Å². The van der Waals surface area contributed by atoms with Gasteiger partial charge in [0.05, 0.1) is 5.92 Å². The van der Waals surface area contributed by atoms with Crippen molar-refractivity contribution in [2.45, 2.75) is 19.3 Å². The number of hydrazine groups is 1. The van der Waals surface area contributed by atoms with Crippen molar-refractivity contribution in [1.82, 2.24) is 10.3 Å². The number of hydrogen-bond acceptors (Lipinski definition) is 5. The van der Waals surface area contributed by atoms with Crippen molar-refractivity contribution in [2.75, 3.05) is 12.3 Å². The first-order chi connectivity index (χ1) is 6.30. The van der Waals surface area contributed by atoms with Crippen molar-refractivity contribution in [3.8, 4) is 0 Å². The summed E-state index contributed by atoms with van der Waals surface area (Å²) in [6.45, 7) is 0.831. The lowest BCUT2D eigenvalue weighted by Gasteiger charge is -2.14. The summed E-state index contributed by atoms with van der Waals surface area (Å²) in [6, 6.07) is 0. The van der Waals surface area contributed by atoms with Crippen molar-refractivity contribution < 1.29 is 9.90 Å². The van der Waals surface area contributed by atoms with E-state index in [4.69, 9.17) is 5.11 Å². The lowest BCUT2D eigenvalue weighted by Crippen LogP contribution is -2.27. The second-order valence-corrected chi connectivity index (χ2v) is 5.12. The number of rotatable bonds is 1. The zero-order valence-corrected chi connectivity index (χ0v) is 8.92. The van der Waals surface area contributed by atoms with Gasteiger partial charge in [0.15, 0.2) is 0 Å². The van der Waals surface area contributed by atoms with Gasteiger partial charge >= 0.3 is 5.97 Å². The van der Waals surface area contributed by atoms with Gasteiger partial charge in [0.25, 0.3) is 0 Å². The fourth-order valence-electron chi connectivity index (χ4n) is 1.17. The maximum absolute atomic E-state index is 10.8. The molecule has 1 unspecified atom stereocenters. The molecule has 1 atom stereocenters. The standard InChI is InChI=1S/C7H14N2O2S2/c10-7(11)6-2-1-4-8-9-13-12-5-3-6/h6,8-9H,1-5H2,(H,10,11).